The molecule has 2 aliphatic rings. The highest BCUT2D eigenvalue weighted by atomic mass is 16.5. The van der Waals surface area contributed by atoms with Crippen molar-refractivity contribution in [1.29, 1.82) is 0 Å². The van der Waals surface area contributed by atoms with Crippen molar-refractivity contribution in [3.8, 4) is 11.5 Å². The largest absolute Gasteiger partial charge is 0.490 e. The van der Waals surface area contributed by atoms with Gasteiger partial charge in [0.2, 0.25) is 5.91 Å². The summed E-state index contributed by atoms with van der Waals surface area (Å²) in [5.74, 6) is 1.69. The van der Waals surface area contributed by atoms with Crippen LogP contribution in [0.5, 0.6) is 11.5 Å². The van der Waals surface area contributed by atoms with Gasteiger partial charge >= 0.3 is 0 Å². The Morgan fingerprint density at radius 2 is 1.93 bits per heavy atom. The second-order valence-electron chi connectivity index (χ2n) is 7.44. The van der Waals surface area contributed by atoms with Gasteiger partial charge in [0.15, 0.2) is 11.5 Å². The highest BCUT2D eigenvalue weighted by molar-refractivity contribution is 5.93. The maximum Gasteiger partial charge on any atom is 0.238 e. The fraction of sp³-hybridized carbons (Fsp3) is 0.435. The molecule has 2 aromatic carbocycles. The lowest BCUT2D eigenvalue weighted by Gasteiger charge is -2.25. The summed E-state index contributed by atoms with van der Waals surface area (Å²) in [6.07, 6.45) is 3.95. The summed E-state index contributed by atoms with van der Waals surface area (Å²) in [6.45, 7) is 4.82. The molecule has 1 atom stereocenters. The van der Waals surface area contributed by atoms with Crippen LogP contribution in [0, 0.1) is 0 Å². The van der Waals surface area contributed by atoms with Crippen molar-refractivity contribution in [2.45, 2.75) is 38.6 Å². The van der Waals surface area contributed by atoms with Crippen molar-refractivity contribution in [2.24, 2.45) is 0 Å². The SMILES string of the molecule is CCc1ccccc1NC(=O)CN1CCC[C@@H]1c1ccc2c(c1)OCCCO2. The van der Waals surface area contributed by atoms with E-state index in [0.29, 0.717) is 19.8 Å². The minimum atomic E-state index is 0.0437. The molecule has 0 bridgehead atoms. The van der Waals surface area contributed by atoms with Gasteiger partial charge in [-0.2, -0.15) is 0 Å². The molecule has 1 N–H and O–H groups in total. The number of nitrogens with one attached hydrogen (secondary N) is 1. The number of rotatable bonds is 5. The van der Waals surface area contributed by atoms with E-state index in [9.17, 15) is 4.79 Å². The molecule has 4 rings (SSSR count). The van der Waals surface area contributed by atoms with E-state index in [1.165, 1.54) is 5.56 Å². The summed E-state index contributed by atoms with van der Waals surface area (Å²) < 4.78 is 11.6. The van der Waals surface area contributed by atoms with E-state index in [0.717, 1.165) is 55.0 Å². The number of para-hydroxylation sites is 1. The van der Waals surface area contributed by atoms with E-state index >= 15 is 0 Å². The number of carbonyl (C=O) groups excluding carboxylic acids is 1. The molecule has 1 saturated heterocycles. The highest BCUT2D eigenvalue weighted by Crippen LogP contribution is 2.37. The van der Waals surface area contributed by atoms with Crippen LogP contribution in [0.25, 0.3) is 0 Å². The maximum absolute atomic E-state index is 12.7. The van der Waals surface area contributed by atoms with Gasteiger partial charge in [-0.15, -0.1) is 0 Å². The topological polar surface area (TPSA) is 50.8 Å². The first-order chi connectivity index (χ1) is 13.7. The molecule has 0 aromatic heterocycles. The normalized spacial score (nSPS) is 19.2. The van der Waals surface area contributed by atoms with Gasteiger partial charge in [0, 0.05) is 18.2 Å². The average Bonchev–Trinajstić information content (AvgIpc) is 3.03. The summed E-state index contributed by atoms with van der Waals surface area (Å²) in [5, 5.41) is 3.09. The fourth-order valence-corrected chi connectivity index (χ4v) is 4.10. The van der Waals surface area contributed by atoms with Crippen LogP contribution in [0.15, 0.2) is 42.5 Å². The van der Waals surface area contributed by atoms with Crippen molar-refractivity contribution >= 4 is 11.6 Å². The van der Waals surface area contributed by atoms with Crippen molar-refractivity contribution in [3.63, 3.8) is 0 Å². The quantitative estimate of drug-likeness (QED) is 0.845. The molecule has 2 aromatic rings. The molecule has 1 fully saturated rings. The van der Waals surface area contributed by atoms with Crippen LogP contribution in [-0.2, 0) is 11.2 Å². The number of benzene rings is 2. The predicted octanol–water partition coefficient (Wildman–Crippen LogP) is 4.19. The van der Waals surface area contributed by atoms with Gasteiger partial charge < -0.3 is 14.8 Å². The number of aryl methyl sites for hydroxylation is 1. The third-order valence-electron chi connectivity index (χ3n) is 5.54. The Morgan fingerprint density at radius 3 is 2.79 bits per heavy atom. The van der Waals surface area contributed by atoms with Crippen molar-refractivity contribution in [2.75, 3.05) is 31.6 Å². The first kappa shape index (κ1) is 18.8. The fourth-order valence-electron chi connectivity index (χ4n) is 4.10. The third-order valence-corrected chi connectivity index (χ3v) is 5.54. The number of likely N-dealkylation sites (tertiary alicyclic amines) is 1. The average molecular weight is 380 g/mol. The number of hydrogen-bond donors (Lipinski definition) is 1. The van der Waals surface area contributed by atoms with Gasteiger partial charge in [0.05, 0.1) is 19.8 Å². The van der Waals surface area contributed by atoms with Crippen molar-refractivity contribution in [1.82, 2.24) is 4.90 Å². The number of anilines is 1. The van der Waals surface area contributed by atoms with Crippen molar-refractivity contribution in [3.05, 3.63) is 53.6 Å². The van der Waals surface area contributed by atoms with Crippen molar-refractivity contribution < 1.29 is 14.3 Å². The zero-order valence-electron chi connectivity index (χ0n) is 16.4. The Kier molecular flexibility index (Phi) is 5.81. The van der Waals surface area contributed by atoms with Crippen LogP contribution < -0.4 is 14.8 Å². The zero-order chi connectivity index (χ0) is 19.3. The highest BCUT2D eigenvalue weighted by Gasteiger charge is 2.28. The van der Waals surface area contributed by atoms with Gasteiger partial charge in [0.25, 0.3) is 0 Å². The summed E-state index contributed by atoms with van der Waals surface area (Å²) in [5.41, 5.74) is 3.28. The van der Waals surface area contributed by atoms with Gasteiger partial charge in [-0.05, 0) is 55.1 Å². The minimum absolute atomic E-state index is 0.0437. The Labute approximate surface area is 166 Å². The zero-order valence-corrected chi connectivity index (χ0v) is 16.4. The number of fused-ring (bicyclic) bond motifs is 1. The second kappa shape index (κ2) is 8.65. The molecule has 2 aliphatic heterocycles. The molecule has 0 spiro atoms. The molecule has 5 nitrogen and oxygen atoms in total. The van der Waals surface area contributed by atoms with Crippen LogP contribution in [0.1, 0.15) is 43.4 Å². The molecule has 5 heteroatoms. The Bertz CT molecular complexity index is 836. The van der Waals surface area contributed by atoms with Crippen LogP contribution in [0.2, 0.25) is 0 Å². The molecular formula is C23H28N2O3. The predicted molar refractivity (Wildman–Crippen MR) is 110 cm³/mol. The molecule has 148 valence electrons. The summed E-state index contributed by atoms with van der Waals surface area (Å²) >= 11 is 0. The van der Waals surface area contributed by atoms with Crippen LogP contribution in [0.3, 0.4) is 0 Å². The second-order valence-corrected chi connectivity index (χ2v) is 7.44. The molecule has 0 saturated carbocycles. The lowest BCUT2D eigenvalue weighted by atomic mass is 10.0. The molecule has 28 heavy (non-hydrogen) atoms. The van der Waals surface area contributed by atoms with Gasteiger partial charge in [-0.1, -0.05) is 31.2 Å². The van der Waals surface area contributed by atoms with Crippen LogP contribution in [0.4, 0.5) is 5.69 Å². The Hall–Kier alpha value is -2.53. The number of nitrogens with zero attached hydrogens (tertiary/aromatic N) is 1. The standard InChI is InChI=1S/C23H28N2O3/c1-2-17-7-3-4-8-19(17)24-23(26)16-25-12-5-9-20(25)18-10-11-21-22(15-18)28-14-6-13-27-21/h3-4,7-8,10-11,15,20H,2,5-6,9,12-14,16H2,1H3,(H,24,26)/t20-/m1/s1. The third kappa shape index (κ3) is 4.14. The Morgan fingerprint density at radius 1 is 1.11 bits per heavy atom. The number of ether oxygens (including phenoxy) is 2. The van der Waals surface area contributed by atoms with Gasteiger partial charge in [-0.25, -0.2) is 0 Å². The van der Waals surface area contributed by atoms with E-state index in [2.05, 4.69) is 35.3 Å². The minimum Gasteiger partial charge on any atom is -0.490 e. The van der Waals surface area contributed by atoms with E-state index in [1.807, 2.05) is 24.3 Å². The molecule has 1 amide bonds. The summed E-state index contributed by atoms with van der Waals surface area (Å²) in [4.78, 5) is 15.0. The number of amides is 1. The number of hydrogen-bond acceptors (Lipinski definition) is 4. The monoisotopic (exact) mass is 380 g/mol. The van der Waals surface area contributed by atoms with Crippen LogP contribution in [-0.4, -0.2) is 37.1 Å². The van der Waals surface area contributed by atoms with Gasteiger partial charge in [0.1, 0.15) is 0 Å². The van der Waals surface area contributed by atoms with E-state index in [1.54, 1.807) is 0 Å². The van der Waals surface area contributed by atoms with E-state index < -0.39 is 0 Å². The first-order valence-corrected chi connectivity index (χ1v) is 10.3. The Balaban J connectivity index is 1.45. The summed E-state index contributed by atoms with van der Waals surface area (Å²) in [7, 11) is 0. The lowest BCUT2D eigenvalue weighted by Crippen LogP contribution is -2.33. The van der Waals surface area contributed by atoms with Gasteiger partial charge in [-0.3, -0.25) is 9.69 Å². The van der Waals surface area contributed by atoms with E-state index in [4.69, 9.17) is 9.47 Å². The lowest BCUT2D eigenvalue weighted by molar-refractivity contribution is -0.117. The molecular weight excluding hydrogens is 352 g/mol. The molecule has 0 radical (unpaired) electrons. The number of carbonyl (C=O) groups is 1. The maximum atomic E-state index is 12.7. The molecule has 2 heterocycles. The smallest absolute Gasteiger partial charge is 0.238 e. The molecule has 0 unspecified atom stereocenters. The van der Waals surface area contributed by atoms with Crippen LogP contribution >= 0.6 is 0 Å². The molecule has 0 aliphatic carbocycles. The summed E-state index contributed by atoms with van der Waals surface area (Å²) in [6, 6.07) is 14.5. The van der Waals surface area contributed by atoms with E-state index in [-0.39, 0.29) is 11.9 Å². The first-order valence-electron chi connectivity index (χ1n) is 10.3.